The van der Waals surface area contributed by atoms with Gasteiger partial charge < -0.3 is 10.8 Å². The Morgan fingerprint density at radius 2 is 2.50 bits per heavy atom. The second-order valence-corrected chi connectivity index (χ2v) is 2.85. The SMILES string of the molecule is CCn1ncc(Cl)c1C(O)CN. The summed E-state index contributed by atoms with van der Waals surface area (Å²) >= 11 is 5.80. The number of aryl methyl sites for hydroxylation is 1. The first-order valence-corrected chi connectivity index (χ1v) is 4.17. The third kappa shape index (κ3) is 1.60. The standard InChI is InChI=1S/C7H12ClN3O/c1-2-11-7(6(12)3-9)5(8)4-10-11/h4,6,12H,2-3,9H2,1H3. The molecule has 0 aliphatic carbocycles. The third-order valence-electron chi connectivity index (χ3n) is 1.67. The number of halogens is 1. The van der Waals surface area contributed by atoms with E-state index < -0.39 is 6.10 Å². The Morgan fingerprint density at radius 3 is 3.00 bits per heavy atom. The van der Waals surface area contributed by atoms with Crippen LogP contribution >= 0.6 is 11.6 Å². The number of nitrogens with two attached hydrogens (primary N) is 1. The first kappa shape index (κ1) is 9.51. The smallest absolute Gasteiger partial charge is 0.109 e. The van der Waals surface area contributed by atoms with Crippen molar-refractivity contribution in [3.8, 4) is 0 Å². The fraction of sp³-hybridized carbons (Fsp3) is 0.571. The lowest BCUT2D eigenvalue weighted by Crippen LogP contribution is -2.16. The maximum absolute atomic E-state index is 9.44. The van der Waals surface area contributed by atoms with Crippen LogP contribution in [0.5, 0.6) is 0 Å². The van der Waals surface area contributed by atoms with Gasteiger partial charge in [0.15, 0.2) is 0 Å². The summed E-state index contributed by atoms with van der Waals surface area (Å²) in [5.41, 5.74) is 5.90. The van der Waals surface area contributed by atoms with E-state index in [1.807, 2.05) is 6.92 Å². The van der Waals surface area contributed by atoms with E-state index in [2.05, 4.69) is 5.10 Å². The van der Waals surface area contributed by atoms with Crippen LogP contribution in [0.15, 0.2) is 6.20 Å². The Hall–Kier alpha value is -0.580. The number of rotatable bonds is 3. The topological polar surface area (TPSA) is 64.1 Å². The normalized spacial score (nSPS) is 13.3. The lowest BCUT2D eigenvalue weighted by molar-refractivity contribution is 0.175. The molecule has 0 aliphatic heterocycles. The molecule has 1 aromatic heterocycles. The summed E-state index contributed by atoms with van der Waals surface area (Å²) in [6, 6.07) is 0. The van der Waals surface area contributed by atoms with Gasteiger partial charge >= 0.3 is 0 Å². The minimum absolute atomic E-state index is 0.158. The minimum atomic E-state index is -0.722. The van der Waals surface area contributed by atoms with Gasteiger partial charge in [0.1, 0.15) is 6.10 Å². The molecule has 4 nitrogen and oxygen atoms in total. The predicted octanol–water partition coefficient (Wildman–Crippen LogP) is 0.548. The zero-order chi connectivity index (χ0) is 9.14. The molecule has 0 fully saturated rings. The molecule has 0 radical (unpaired) electrons. The highest BCUT2D eigenvalue weighted by molar-refractivity contribution is 6.31. The molecule has 0 amide bonds. The van der Waals surface area contributed by atoms with E-state index in [9.17, 15) is 5.11 Å². The maximum Gasteiger partial charge on any atom is 0.109 e. The lowest BCUT2D eigenvalue weighted by Gasteiger charge is -2.10. The highest BCUT2D eigenvalue weighted by Gasteiger charge is 2.15. The van der Waals surface area contributed by atoms with Crippen LogP contribution in [-0.2, 0) is 6.54 Å². The molecule has 3 N–H and O–H groups in total. The summed E-state index contributed by atoms with van der Waals surface area (Å²) in [6.45, 7) is 2.76. The number of aliphatic hydroxyl groups is 1. The van der Waals surface area contributed by atoms with Crippen molar-refractivity contribution in [2.45, 2.75) is 19.6 Å². The highest BCUT2D eigenvalue weighted by Crippen LogP contribution is 2.21. The van der Waals surface area contributed by atoms with Gasteiger partial charge in [0.25, 0.3) is 0 Å². The van der Waals surface area contributed by atoms with Crippen molar-refractivity contribution < 1.29 is 5.11 Å². The molecular weight excluding hydrogens is 178 g/mol. The van der Waals surface area contributed by atoms with Crippen LogP contribution in [0.25, 0.3) is 0 Å². The molecule has 0 aromatic carbocycles. The fourth-order valence-corrected chi connectivity index (χ4v) is 1.33. The fourth-order valence-electron chi connectivity index (χ4n) is 1.07. The molecule has 0 aliphatic rings. The average Bonchev–Trinajstić information content (AvgIpc) is 2.45. The van der Waals surface area contributed by atoms with Crippen molar-refractivity contribution in [1.82, 2.24) is 9.78 Å². The second kappa shape index (κ2) is 3.89. The van der Waals surface area contributed by atoms with Gasteiger partial charge in [0.05, 0.1) is 16.9 Å². The second-order valence-electron chi connectivity index (χ2n) is 2.45. The van der Waals surface area contributed by atoms with Crippen molar-refractivity contribution in [3.05, 3.63) is 16.9 Å². The number of aromatic nitrogens is 2. The van der Waals surface area contributed by atoms with Crippen LogP contribution in [0.1, 0.15) is 18.7 Å². The molecule has 5 heteroatoms. The summed E-state index contributed by atoms with van der Waals surface area (Å²) < 4.78 is 1.64. The van der Waals surface area contributed by atoms with Gasteiger partial charge in [0.2, 0.25) is 0 Å². The summed E-state index contributed by atoms with van der Waals surface area (Å²) in [5, 5.41) is 13.9. The van der Waals surface area contributed by atoms with Crippen molar-refractivity contribution in [2.75, 3.05) is 6.54 Å². The Labute approximate surface area is 75.9 Å². The molecule has 1 aromatic rings. The van der Waals surface area contributed by atoms with Crippen LogP contribution in [-0.4, -0.2) is 21.4 Å². The first-order chi connectivity index (χ1) is 5.70. The van der Waals surface area contributed by atoms with Crippen molar-refractivity contribution in [1.29, 1.82) is 0 Å². The van der Waals surface area contributed by atoms with Gasteiger partial charge in [-0.25, -0.2) is 0 Å². The van der Waals surface area contributed by atoms with Crippen molar-refractivity contribution in [3.63, 3.8) is 0 Å². The van der Waals surface area contributed by atoms with E-state index in [0.29, 0.717) is 17.3 Å². The van der Waals surface area contributed by atoms with Gasteiger partial charge in [-0.15, -0.1) is 0 Å². The van der Waals surface area contributed by atoms with Crippen LogP contribution < -0.4 is 5.73 Å². The zero-order valence-corrected chi connectivity index (χ0v) is 7.62. The highest BCUT2D eigenvalue weighted by atomic mass is 35.5. The molecule has 0 saturated carbocycles. The van der Waals surface area contributed by atoms with E-state index in [1.54, 1.807) is 4.68 Å². The molecule has 1 heterocycles. The minimum Gasteiger partial charge on any atom is -0.385 e. The van der Waals surface area contributed by atoms with Crippen LogP contribution in [0.3, 0.4) is 0 Å². The predicted molar refractivity (Wildman–Crippen MR) is 46.9 cm³/mol. The van der Waals surface area contributed by atoms with Crippen LogP contribution in [0.4, 0.5) is 0 Å². The molecule has 0 spiro atoms. The van der Waals surface area contributed by atoms with Crippen molar-refractivity contribution in [2.24, 2.45) is 5.73 Å². The van der Waals surface area contributed by atoms with E-state index in [-0.39, 0.29) is 6.54 Å². The van der Waals surface area contributed by atoms with Crippen LogP contribution in [0.2, 0.25) is 5.02 Å². The molecule has 12 heavy (non-hydrogen) atoms. The van der Waals surface area contributed by atoms with Gasteiger partial charge in [-0.3, -0.25) is 4.68 Å². The summed E-state index contributed by atoms with van der Waals surface area (Å²) in [5.74, 6) is 0. The van der Waals surface area contributed by atoms with Crippen molar-refractivity contribution >= 4 is 11.6 Å². The summed E-state index contributed by atoms with van der Waals surface area (Å²) in [7, 11) is 0. The number of hydrogen-bond acceptors (Lipinski definition) is 3. The van der Waals surface area contributed by atoms with E-state index in [4.69, 9.17) is 17.3 Å². The lowest BCUT2D eigenvalue weighted by atomic mass is 10.2. The zero-order valence-electron chi connectivity index (χ0n) is 6.87. The van der Waals surface area contributed by atoms with Gasteiger partial charge in [0, 0.05) is 13.1 Å². The Bertz CT molecular complexity index is 261. The van der Waals surface area contributed by atoms with Gasteiger partial charge in [-0.1, -0.05) is 11.6 Å². The molecule has 1 rings (SSSR count). The summed E-state index contributed by atoms with van der Waals surface area (Å²) in [6.07, 6.45) is 0.791. The Morgan fingerprint density at radius 1 is 1.83 bits per heavy atom. The maximum atomic E-state index is 9.44. The molecular formula is C7H12ClN3O. The van der Waals surface area contributed by atoms with E-state index in [1.165, 1.54) is 6.20 Å². The summed E-state index contributed by atoms with van der Waals surface area (Å²) in [4.78, 5) is 0. The van der Waals surface area contributed by atoms with Gasteiger partial charge in [-0.05, 0) is 6.92 Å². The van der Waals surface area contributed by atoms with E-state index in [0.717, 1.165) is 0 Å². The molecule has 1 atom stereocenters. The largest absolute Gasteiger partial charge is 0.385 e. The molecule has 1 unspecified atom stereocenters. The average molecular weight is 190 g/mol. The van der Waals surface area contributed by atoms with Gasteiger partial charge in [-0.2, -0.15) is 5.10 Å². The molecule has 0 bridgehead atoms. The quantitative estimate of drug-likeness (QED) is 0.730. The first-order valence-electron chi connectivity index (χ1n) is 3.80. The van der Waals surface area contributed by atoms with E-state index >= 15 is 0 Å². The van der Waals surface area contributed by atoms with Crippen LogP contribution in [0, 0.1) is 0 Å². The number of aliphatic hydroxyl groups excluding tert-OH is 1. The molecule has 0 saturated heterocycles. The number of nitrogens with zero attached hydrogens (tertiary/aromatic N) is 2. The number of hydrogen-bond donors (Lipinski definition) is 2. The Kier molecular flexibility index (Phi) is 3.08. The third-order valence-corrected chi connectivity index (χ3v) is 1.96. The Balaban J connectivity index is 3.01. The molecule has 68 valence electrons. The monoisotopic (exact) mass is 189 g/mol.